The largest absolute Gasteiger partial charge is 0.342 e. The second-order valence-corrected chi connectivity index (χ2v) is 4.95. The molecule has 2 rings (SSSR count). The van der Waals surface area contributed by atoms with Crippen molar-refractivity contribution in [3.05, 3.63) is 30.6 Å². The number of aromatic nitrogens is 2. The zero-order chi connectivity index (χ0) is 13.5. The summed E-state index contributed by atoms with van der Waals surface area (Å²) in [6.45, 7) is 6.77. The lowest BCUT2D eigenvalue weighted by Crippen LogP contribution is -2.33. The molecule has 3 heteroatoms. The summed E-state index contributed by atoms with van der Waals surface area (Å²) in [6, 6.07) is 8.55. The van der Waals surface area contributed by atoms with E-state index in [9.17, 15) is 0 Å². The van der Waals surface area contributed by atoms with Gasteiger partial charge in [0.25, 0.3) is 0 Å². The number of rotatable bonds is 8. The maximum Gasteiger partial charge on any atom is 0.246 e. The molecule has 3 nitrogen and oxygen atoms in total. The van der Waals surface area contributed by atoms with Crippen LogP contribution in [-0.4, -0.2) is 11.2 Å². The molecule has 0 spiro atoms. The zero-order valence-electron chi connectivity index (χ0n) is 12.1. The molecule has 0 aliphatic heterocycles. The van der Waals surface area contributed by atoms with Crippen LogP contribution in [0.5, 0.6) is 0 Å². The third-order valence-corrected chi connectivity index (χ3v) is 3.47. The number of para-hydroxylation sites is 2. The fourth-order valence-electron chi connectivity index (χ4n) is 2.42. The summed E-state index contributed by atoms with van der Waals surface area (Å²) in [5, 5.41) is 0. The molecule has 0 bridgehead atoms. The summed E-state index contributed by atoms with van der Waals surface area (Å²) in [7, 11) is 0. The topological polar surface area (TPSA) is 18.0 Å². The van der Waals surface area contributed by atoms with E-state index in [1.54, 1.807) is 0 Å². The summed E-state index contributed by atoms with van der Waals surface area (Å²) >= 11 is 0. The Morgan fingerprint density at radius 3 is 2.74 bits per heavy atom. The Kier molecular flexibility index (Phi) is 5.40. The third kappa shape index (κ3) is 3.57. The molecule has 19 heavy (non-hydrogen) atoms. The number of benzene rings is 1. The maximum absolute atomic E-state index is 5.53. The Bertz CT molecular complexity index is 504. The molecule has 1 aromatic carbocycles. The smallest absolute Gasteiger partial charge is 0.246 e. The fraction of sp³-hybridized carbons (Fsp3) is 0.562. The highest BCUT2D eigenvalue weighted by Crippen LogP contribution is 2.12. The average Bonchev–Trinajstić information content (AvgIpc) is 2.80. The van der Waals surface area contributed by atoms with Gasteiger partial charge in [-0.3, -0.25) is 0 Å². The summed E-state index contributed by atoms with van der Waals surface area (Å²) < 4.78 is 10.1. The minimum atomic E-state index is 0.638. The van der Waals surface area contributed by atoms with Gasteiger partial charge < -0.3 is 4.74 Å². The van der Waals surface area contributed by atoms with E-state index in [1.807, 2.05) is 6.92 Å². The summed E-state index contributed by atoms with van der Waals surface area (Å²) in [4.78, 5) is 0. The van der Waals surface area contributed by atoms with E-state index in [0.29, 0.717) is 6.73 Å². The van der Waals surface area contributed by atoms with Crippen molar-refractivity contribution in [1.82, 2.24) is 4.57 Å². The first-order valence-electron chi connectivity index (χ1n) is 7.41. The van der Waals surface area contributed by atoms with Crippen LogP contribution in [0, 0.1) is 0 Å². The molecule has 104 valence electrons. The highest BCUT2D eigenvalue weighted by atomic mass is 16.5. The van der Waals surface area contributed by atoms with Gasteiger partial charge in [0.1, 0.15) is 0 Å². The van der Waals surface area contributed by atoms with Crippen LogP contribution < -0.4 is 4.57 Å². The Morgan fingerprint density at radius 1 is 1.11 bits per heavy atom. The molecule has 0 unspecified atom stereocenters. The average molecular weight is 261 g/mol. The van der Waals surface area contributed by atoms with Gasteiger partial charge in [-0.25, -0.2) is 9.13 Å². The molecule has 1 heterocycles. The molecule has 0 saturated heterocycles. The Morgan fingerprint density at radius 2 is 1.95 bits per heavy atom. The normalized spacial score (nSPS) is 11.3. The number of hydrogen-bond acceptors (Lipinski definition) is 1. The molecule has 0 N–H and O–H groups in total. The van der Waals surface area contributed by atoms with Crippen molar-refractivity contribution in [1.29, 1.82) is 0 Å². The molecule has 0 amide bonds. The van der Waals surface area contributed by atoms with E-state index >= 15 is 0 Å². The fourth-order valence-corrected chi connectivity index (χ4v) is 2.42. The van der Waals surface area contributed by atoms with Crippen LogP contribution >= 0.6 is 0 Å². The molecule has 1 aromatic heterocycles. The van der Waals surface area contributed by atoms with E-state index < -0.39 is 0 Å². The number of unbranched alkanes of at least 4 members (excludes halogenated alkanes) is 3. The maximum atomic E-state index is 5.53. The van der Waals surface area contributed by atoms with Gasteiger partial charge in [-0.15, -0.1) is 0 Å². The zero-order valence-corrected chi connectivity index (χ0v) is 12.1. The van der Waals surface area contributed by atoms with Crippen LogP contribution in [0.3, 0.4) is 0 Å². The standard InChI is InChI=1S/C16H25N2O/c1-3-5-6-9-12-17-13-18(14-19-4-2)16-11-8-7-10-15(16)17/h7-8,10-11,13H,3-6,9,12,14H2,1-2H3/q+1. The Labute approximate surface area is 115 Å². The van der Waals surface area contributed by atoms with Gasteiger partial charge in [0.2, 0.25) is 6.33 Å². The van der Waals surface area contributed by atoms with E-state index in [1.165, 1.54) is 36.7 Å². The predicted octanol–water partition coefficient (Wildman–Crippen LogP) is 3.50. The molecule has 0 aliphatic carbocycles. The van der Waals surface area contributed by atoms with E-state index in [2.05, 4.69) is 46.7 Å². The molecule has 0 fully saturated rings. The first-order chi connectivity index (χ1) is 9.36. The third-order valence-electron chi connectivity index (χ3n) is 3.47. The molecule has 0 atom stereocenters. The Hall–Kier alpha value is -1.35. The summed E-state index contributed by atoms with van der Waals surface area (Å²) in [5.74, 6) is 0. The van der Waals surface area contributed by atoms with Crippen LogP contribution in [0.4, 0.5) is 0 Å². The number of aryl methyl sites for hydroxylation is 1. The van der Waals surface area contributed by atoms with Gasteiger partial charge in [-0.05, 0) is 31.9 Å². The van der Waals surface area contributed by atoms with Gasteiger partial charge in [0.15, 0.2) is 17.8 Å². The number of imidazole rings is 1. The van der Waals surface area contributed by atoms with Crippen molar-refractivity contribution in [3.8, 4) is 0 Å². The lowest BCUT2D eigenvalue weighted by Gasteiger charge is -1.97. The van der Waals surface area contributed by atoms with E-state index in [0.717, 1.165) is 13.2 Å². The van der Waals surface area contributed by atoms with Crippen molar-refractivity contribution in [3.63, 3.8) is 0 Å². The molecule has 0 saturated carbocycles. The van der Waals surface area contributed by atoms with Gasteiger partial charge in [-0.1, -0.05) is 31.9 Å². The van der Waals surface area contributed by atoms with Crippen molar-refractivity contribution < 1.29 is 9.30 Å². The number of nitrogens with zero attached hydrogens (tertiary/aromatic N) is 2. The monoisotopic (exact) mass is 261 g/mol. The lowest BCUT2D eigenvalue weighted by molar-refractivity contribution is -0.709. The van der Waals surface area contributed by atoms with Crippen molar-refractivity contribution >= 4 is 11.0 Å². The van der Waals surface area contributed by atoms with Crippen molar-refractivity contribution in [2.45, 2.75) is 52.8 Å². The highest BCUT2D eigenvalue weighted by Gasteiger charge is 2.14. The first-order valence-corrected chi connectivity index (χ1v) is 7.41. The lowest BCUT2D eigenvalue weighted by atomic mass is 10.2. The second kappa shape index (κ2) is 7.29. The minimum absolute atomic E-state index is 0.638. The van der Waals surface area contributed by atoms with Gasteiger partial charge in [0, 0.05) is 6.61 Å². The van der Waals surface area contributed by atoms with E-state index in [4.69, 9.17) is 4.74 Å². The van der Waals surface area contributed by atoms with Gasteiger partial charge in [0.05, 0.1) is 6.54 Å². The van der Waals surface area contributed by atoms with Crippen molar-refractivity contribution in [2.24, 2.45) is 0 Å². The first kappa shape index (κ1) is 14.1. The van der Waals surface area contributed by atoms with Crippen LogP contribution in [-0.2, 0) is 18.0 Å². The molecule has 0 radical (unpaired) electrons. The van der Waals surface area contributed by atoms with Crippen LogP contribution in [0.1, 0.15) is 39.5 Å². The summed E-state index contributed by atoms with van der Waals surface area (Å²) in [6.07, 6.45) is 7.37. The number of hydrogen-bond donors (Lipinski definition) is 0. The summed E-state index contributed by atoms with van der Waals surface area (Å²) in [5.41, 5.74) is 2.56. The van der Waals surface area contributed by atoms with Crippen molar-refractivity contribution in [2.75, 3.05) is 6.61 Å². The quantitative estimate of drug-likeness (QED) is 0.525. The predicted molar refractivity (Wildman–Crippen MR) is 77.9 cm³/mol. The second-order valence-electron chi connectivity index (χ2n) is 4.95. The number of fused-ring (bicyclic) bond motifs is 1. The molecule has 2 aromatic rings. The van der Waals surface area contributed by atoms with Crippen LogP contribution in [0.25, 0.3) is 11.0 Å². The van der Waals surface area contributed by atoms with Crippen LogP contribution in [0.2, 0.25) is 0 Å². The minimum Gasteiger partial charge on any atom is -0.342 e. The molecular weight excluding hydrogens is 236 g/mol. The molecule has 0 aliphatic rings. The molecular formula is C16H25N2O+. The van der Waals surface area contributed by atoms with Crippen LogP contribution in [0.15, 0.2) is 30.6 Å². The van der Waals surface area contributed by atoms with Gasteiger partial charge >= 0.3 is 0 Å². The SMILES string of the molecule is CCCCCCn1c[n+](COCC)c2ccccc21. The number of ether oxygens (including phenoxy) is 1. The Balaban J connectivity index is 2.13. The van der Waals surface area contributed by atoms with Gasteiger partial charge in [-0.2, -0.15) is 0 Å². The van der Waals surface area contributed by atoms with E-state index in [-0.39, 0.29) is 0 Å². The highest BCUT2D eigenvalue weighted by molar-refractivity contribution is 5.71.